The van der Waals surface area contributed by atoms with Crippen molar-refractivity contribution < 1.29 is 22.4 Å². The molecule has 0 atom stereocenters. The average molecular weight is 501 g/mol. The number of hydrogen-bond acceptors (Lipinski definition) is 4. The lowest BCUT2D eigenvalue weighted by Gasteiger charge is -2.23. The number of aryl methyl sites for hydroxylation is 1. The quantitative estimate of drug-likeness (QED) is 0.446. The molecule has 1 aliphatic heterocycles. The lowest BCUT2D eigenvalue weighted by atomic mass is 9.89. The Hall–Kier alpha value is -3.33. The van der Waals surface area contributed by atoms with Crippen LogP contribution in [0.5, 0.6) is 0 Å². The summed E-state index contributed by atoms with van der Waals surface area (Å²) in [5, 5.41) is 3.35. The summed E-state index contributed by atoms with van der Waals surface area (Å²) in [5.74, 6) is -0.468. The standard InChI is InChI=1S/C27H28F4N4O/c28-23-3-1-2-20(15-25(32)36)21(23)8-9-24-22(27(29,30)31)16-34-26(35-24)14-17-4-6-18(7-5-17)19-10-12-33-13-11-19/h1-7,16,19,33H,8-15H2,(H2,32,36). The fourth-order valence-electron chi connectivity index (χ4n) is 4.70. The summed E-state index contributed by atoms with van der Waals surface area (Å²) in [4.78, 5) is 19.5. The van der Waals surface area contributed by atoms with E-state index in [-0.39, 0.29) is 42.8 Å². The van der Waals surface area contributed by atoms with E-state index in [1.807, 2.05) is 12.1 Å². The highest BCUT2D eigenvalue weighted by molar-refractivity contribution is 5.77. The Labute approximate surface area is 207 Å². The summed E-state index contributed by atoms with van der Waals surface area (Å²) >= 11 is 0. The Balaban J connectivity index is 1.54. The van der Waals surface area contributed by atoms with Gasteiger partial charge in [0.2, 0.25) is 5.91 Å². The highest BCUT2D eigenvalue weighted by Gasteiger charge is 2.35. The highest BCUT2D eigenvalue weighted by atomic mass is 19.4. The van der Waals surface area contributed by atoms with E-state index in [0.717, 1.165) is 37.7 Å². The first-order valence-corrected chi connectivity index (χ1v) is 12.0. The van der Waals surface area contributed by atoms with Gasteiger partial charge in [-0.25, -0.2) is 14.4 Å². The second-order valence-electron chi connectivity index (χ2n) is 9.11. The van der Waals surface area contributed by atoms with Gasteiger partial charge in [0.1, 0.15) is 11.6 Å². The maximum Gasteiger partial charge on any atom is 0.419 e. The third-order valence-electron chi connectivity index (χ3n) is 6.57. The number of primary amides is 1. The summed E-state index contributed by atoms with van der Waals surface area (Å²) in [6.07, 6.45) is -1.82. The molecule has 1 aliphatic rings. The normalized spacial score (nSPS) is 14.7. The largest absolute Gasteiger partial charge is 0.419 e. The first-order chi connectivity index (χ1) is 17.2. The van der Waals surface area contributed by atoms with Gasteiger partial charge in [-0.15, -0.1) is 0 Å². The molecule has 1 fully saturated rings. The van der Waals surface area contributed by atoms with Crippen molar-refractivity contribution in [1.82, 2.24) is 15.3 Å². The molecule has 9 heteroatoms. The number of nitrogens with two attached hydrogens (primary N) is 1. The second-order valence-corrected chi connectivity index (χ2v) is 9.11. The molecule has 2 aromatic carbocycles. The van der Waals surface area contributed by atoms with Crippen LogP contribution in [-0.2, 0) is 36.7 Å². The van der Waals surface area contributed by atoms with E-state index in [1.165, 1.54) is 17.7 Å². The summed E-state index contributed by atoms with van der Waals surface area (Å²) in [6.45, 7) is 1.98. The zero-order valence-electron chi connectivity index (χ0n) is 19.7. The second kappa shape index (κ2) is 11.2. The van der Waals surface area contributed by atoms with Crippen molar-refractivity contribution >= 4 is 5.91 Å². The Bertz CT molecular complexity index is 1210. The number of carbonyl (C=O) groups is 1. The maximum absolute atomic E-state index is 14.5. The van der Waals surface area contributed by atoms with Gasteiger partial charge < -0.3 is 11.1 Å². The molecule has 3 aromatic rings. The van der Waals surface area contributed by atoms with Crippen LogP contribution in [-0.4, -0.2) is 29.0 Å². The maximum atomic E-state index is 14.5. The minimum absolute atomic E-state index is 0.0558. The van der Waals surface area contributed by atoms with E-state index in [1.54, 1.807) is 6.07 Å². The minimum atomic E-state index is -4.64. The lowest BCUT2D eigenvalue weighted by Crippen LogP contribution is -2.26. The van der Waals surface area contributed by atoms with Crippen LogP contribution in [0.25, 0.3) is 0 Å². The van der Waals surface area contributed by atoms with Crippen LogP contribution in [0.1, 0.15) is 58.1 Å². The number of halogens is 4. The van der Waals surface area contributed by atoms with Crippen LogP contribution in [0.15, 0.2) is 48.7 Å². The van der Waals surface area contributed by atoms with Crippen LogP contribution >= 0.6 is 0 Å². The van der Waals surface area contributed by atoms with Crippen LogP contribution in [0.2, 0.25) is 0 Å². The number of nitrogens with one attached hydrogen (secondary N) is 1. The van der Waals surface area contributed by atoms with E-state index in [2.05, 4.69) is 27.4 Å². The van der Waals surface area contributed by atoms with Crippen molar-refractivity contribution in [3.8, 4) is 0 Å². The molecule has 3 N–H and O–H groups in total. The van der Waals surface area contributed by atoms with Gasteiger partial charge in [-0.1, -0.05) is 36.4 Å². The average Bonchev–Trinajstić information content (AvgIpc) is 2.84. The Kier molecular flexibility index (Phi) is 7.98. The van der Waals surface area contributed by atoms with Gasteiger partial charge in [-0.05, 0) is 73.0 Å². The number of hydrogen-bond donors (Lipinski definition) is 2. The van der Waals surface area contributed by atoms with Crippen LogP contribution in [0.4, 0.5) is 17.6 Å². The van der Waals surface area contributed by atoms with Gasteiger partial charge in [-0.3, -0.25) is 4.79 Å². The molecule has 0 bridgehead atoms. The topological polar surface area (TPSA) is 80.9 Å². The molecular formula is C27H28F4N4O. The van der Waals surface area contributed by atoms with Crippen LogP contribution < -0.4 is 11.1 Å². The summed E-state index contributed by atoms with van der Waals surface area (Å²) in [6, 6.07) is 12.3. The number of piperidine rings is 1. The third-order valence-corrected chi connectivity index (χ3v) is 6.57. The van der Waals surface area contributed by atoms with E-state index in [4.69, 9.17) is 5.73 Å². The fourth-order valence-corrected chi connectivity index (χ4v) is 4.70. The molecule has 0 saturated carbocycles. The molecule has 0 unspecified atom stereocenters. The fraction of sp³-hybridized carbons (Fsp3) is 0.370. The van der Waals surface area contributed by atoms with Crippen molar-refractivity contribution in [3.63, 3.8) is 0 Å². The summed E-state index contributed by atoms with van der Waals surface area (Å²) in [5.41, 5.74) is 6.78. The van der Waals surface area contributed by atoms with E-state index >= 15 is 0 Å². The Morgan fingerprint density at radius 3 is 2.44 bits per heavy atom. The zero-order valence-corrected chi connectivity index (χ0v) is 19.7. The Morgan fingerprint density at radius 1 is 1.06 bits per heavy atom. The molecule has 1 saturated heterocycles. The number of amides is 1. The molecule has 0 radical (unpaired) electrons. The monoisotopic (exact) mass is 500 g/mol. The van der Waals surface area contributed by atoms with Gasteiger partial charge in [-0.2, -0.15) is 13.2 Å². The predicted molar refractivity (Wildman–Crippen MR) is 128 cm³/mol. The molecule has 1 aromatic heterocycles. The lowest BCUT2D eigenvalue weighted by molar-refractivity contribution is -0.138. The molecule has 0 aliphatic carbocycles. The van der Waals surface area contributed by atoms with Gasteiger partial charge in [0.15, 0.2) is 0 Å². The molecule has 4 rings (SSSR count). The third kappa shape index (κ3) is 6.46. The molecule has 5 nitrogen and oxygen atoms in total. The van der Waals surface area contributed by atoms with Crippen molar-refractivity contribution in [2.45, 2.75) is 50.6 Å². The number of benzene rings is 2. The van der Waals surface area contributed by atoms with Gasteiger partial charge in [0.05, 0.1) is 17.7 Å². The van der Waals surface area contributed by atoms with Crippen molar-refractivity contribution in [2.24, 2.45) is 5.73 Å². The first kappa shape index (κ1) is 25.8. The van der Waals surface area contributed by atoms with E-state index < -0.39 is 23.5 Å². The van der Waals surface area contributed by atoms with Crippen molar-refractivity contribution in [1.29, 1.82) is 0 Å². The van der Waals surface area contributed by atoms with Crippen molar-refractivity contribution in [2.75, 3.05) is 13.1 Å². The Morgan fingerprint density at radius 2 is 1.78 bits per heavy atom. The van der Waals surface area contributed by atoms with Gasteiger partial charge in [0, 0.05) is 12.6 Å². The first-order valence-electron chi connectivity index (χ1n) is 12.0. The van der Waals surface area contributed by atoms with Crippen molar-refractivity contribution in [3.05, 3.63) is 93.8 Å². The molecular weight excluding hydrogens is 472 g/mol. The summed E-state index contributed by atoms with van der Waals surface area (Å²) in [7, 11) is 0. The van der Waals surface area contributed by atoms with Gasteiger partial charge in [0.25, 0.3) is 0 Å². The molecule has 190 valence electrons. The zero-order chi connectivity index (χ0) is 25.7. The SMILES string of the molecule is NC(=O)Cc1cccc(F)c1CCc1nc(Cc2ccc(C3CCNCC3)cc2)ncc1C(F)(F)F. The molecule has 0 spiro atoms. The summed E-state index contributed by atoms with van der Waals surface area (Å²) < 4.78 is 55.5. The predicted octanol–water partition coefficient (Wildman–Crippen LogP) is 4.51. The molecule has 1 amide bonds. The number of carbonyl (C=O) groups excluding carboxylic acids is 1. The van der Waals surface area contributed by atoms with E-state index in [0.29, 0.717) is 11.5 Å². The van der Waals surface area contributed by atoms with Crippen LogP contribution in [0.3, 0.4) is 0 Å². The highest BCUT2D eigenvalue weighted by Crippen LogP contribution is 2.32. The number of aromatic nitrogens is 2. The van der Waals surface area contributed by atoms with E-state index in [9.17, 15) is 22.4 Å². The minimum Gasteiger partial charge on any atom is -0.369 e. The van der Waals surface area contributed by atoms with Crippen LogP contribution in [0, 0.1) is 5.82 Å². The number of nitrogens with zero attached hydrogens (tertiary/aromatic N) is 2. The number of rotatable bonds is 8. The number of alkyl halides is 3. The molecule has 2 heterocycles. The molecule has 36 heavy (non-hydrogen) atoms. The van der Waals surface area contributed by atoms with Gasteiger partial charge >= 0.3 is 6.18 Å². The smallest absolute Gasteiger partial charge is 0.369 e.